The minimum absolute atomic E-state index is 0.161. The number of piperidine rings is 1. The predicted molar refractivity (Wildman–Crippen MR) is 83.0 cm³/mol. The number of rotatable bonds is 4. The molecule has 0 spiro atoms. The quantitative estimate of drug-likeness (QED) is 0.939. The summed E-state index contributed by atoms with van der Waals surface area (Å²) < 4.78 is 27.5. The summed E-state index contributed by atoms with van der Waals surface area (Å²) in [6.45, 7) is 3.14. The molecule has 1 aliphatic rings. The van der Waals surface area contributed by atoms with Crippen molar-refractivity contribution in [3.63, 3.8) is 0 Å². The van der Waals surface area contributed by atoms with Gasteiger partial charge >= 0.3 is 0 Å². The molecule has 0 radical (unpaired) electrons. The molecule has 2 aromatic heterocycles. The van der Waals surface area contributed by atoms with E-state index in [2.05, 4.69) is 9.97 Å². The van der Waals surface area contributed by atoms with Crippen LogP contribution in [-0.4, -0.2) is 35.8 Å². The normalized spacial score (nSPS) is 20.7. The number of imidazole rings is 1. The Morgan fingerprint density at radius 1 is 1.48 bits per heavy atom. The second-order valence-corrected chi connectivity index (χ2v) is 8.58. The smallest absolute Gasteiger partial charge is 0.252 e. The number of thiophene rings is 1. The summed E-state index contributed by atoms with van der Waals surface area (Å²) in [5.74, 6) is 1.05. The predicted octanol–water partition coefficient (Wildman–Crippen LogP) is 2.60. The second kappa shape index (κ2) is 5.90. The van der Waals surface area contributed by atoms with Gasteiger partial charge in [0.25, 0.3) is 10.0 Å². The van der Waals surface area contributed by atoms with Crippen molar-refractivity contribution in [2.24, 2.45) is 0 Å². The van der Waals surface area contributed by atoms with Crippen LogP contribution < -0.4 is 0 Å². The molecule has 3 rings (SSSR count). The number of sulfonamides is 1. The number of H-pyrrole nitrogens is 1. The summed E-state index contributed by atoms with van der Waals surface area (Å²) in [4.78, 5) is 8.48. The van der Waals surface area contributed by atoms with Crippen molar-refractivity contribution in [1.82, 2.24) is 14.3 Å². The number of aryl methyl sites for hydroxylation is 1. The molecule has 3 heterocycles. The van der Waals surface area contributed by atoms with E-state index in [9.17, 15) is 8.42 Å². The van der Waals surface area contributed by atoms with E-state index in [4.69, 9.17) is 0 Å². The first-order valence-corrected chi connectivity index (χ1v) is 9.45. The molecule has 1 saturated heterocycles. The topological polar surface area (TPSA) is 66.1 Å². The van der Waals surface area contributed by atoms with Crippen LogP contribution >= 0.6 is 11.3 Å². The Labute approximate surface area is 129 Å². The molecule has 1 aliphatic heterocycles. The van der Waals surface area contributed by atoms with E-state index < -0.39 is 10.0 Å². The largest absolute Gasteiger partial charge is 0.348 e. The van der Waals surface area contributed by atoms with Crippen LogP contribution in [0.25, 0.3) is 0 Å². The molecule has 1 atom stereocenters. The van der Waals surface area contributed by atoms with E-state index in [0.29, 0.717) is 17.3 Å². The minimum Gasteiger partial charge on any atom is -0.348 e. The first-order valence-electron chi connectivity index (χ1n) is 7.19. The Morgan fingerprint density at radius 3 is 3.00 bits per heavy atom. The first kappa shape index (κ1) is 14.7. The van der Waals surface area contributed by atoms with E-state index in [1.807, 2.05) is 13.0 Å². The molecule has 0 aromatic carbocycles. The van der Waals surface area contributed by atoms with Gasteiger partial charge in [-0.3, -0.25) is 0 Å². The molecule has 0 aliphatic carbocycles. The molecule has 0 bridgehead atoms. The molecular weight excluding hydrogens is 306 g/mol. The average Bonchev–Trinajstić information content (AvgIpc) is 3.19. The lowest BCUT2D eigenvalue weighted by atomic mass is 9.99. The third-order valence-corrected chi connectivity index (χ3v) is 7.43. The highest BCUT2D eigenvalue weighted by Crippen LogP contribution is 2.31. The number of hydrogen-bond donors (Lipinski definition) is 1. The summed E-state index contributed by atoms with van der Waals surface area (Å²) in [6, 6.07) is 3.64. The molecule has 2 aromatic rings. The summed E-state index contributed by atoms with van der Waals surface area (Å²) in [7, 11) is -3.37. The standard InChI is InChI=1S/C14H19N3O2S2/c1-2-12-5-6-13(20-12)21(18,19)17-9-3-4-11(10-17)14-15-7-8-16-14/h5-8,11H,2-4,9-10H2,1H3,(H,15,16)/t11-/m0/s1. The van der Waals surface area contributed by atoms with Gasteiger partial charge in [-0.05, 0) is 31.4 Å². The van der Waals surface area contributed by atoms with Crippen molar-refractivity contribution < 1.29 is 8.42 Å². The number of hydrogen-bond acceptors (Lipinski definition) is 4. The van der Waals surface area contributed by atoms with Gasteiger partial charge in [-0.2, -0.15) is 4.31 Å². The van der Waals surface area contributed by atoms with Crippen LogP contribution in [0.4, 0.5) is 0 Å². The van der Waals surface area contributed by atoms with Crippen LogP contribution in [-0.2, 0) is 16.4 Å². The maximum atomic E-state index is 12.7. The zero-order valence-electron chi connectivity index (χ0n) is 11.9. The Balaban J connectivity index is 1.82. The van der Waals surface area contributed by atoms with Crippen molar-refractivity contribution in [2.75, 3.05) is 13.1 Å². The lowest BCUT2D eigenvalue weighted by molar-refractivity contribution is 0.310. The van der Waals surface area contributed by atoms with E-state index in [1.165, 1.54) is 11.3 Å². The van der Waals surface area contributed by atoms with E-state index in [1.54, 1.807) is 22.8 Å². The summed E-state index contributed by atoms with van der Waals surface area (Å²) in [5.41, 5.74) is 0. The Kier molecular flexibility index (Phi) is 4.14. The van der Waals surface area contributed by atoms with Crippen molar-refractivity contribution in [2.45, 2.75) is 36.3 Å². The first-order chi connectivity index (χ1) is 10.1. The van der Waals surface area contributed by atoms with Gasteiger partial charge in [-0.1, -0.05) is 6.92 Å². The fourth-order valence-corrected chi connectivity index (χ4v) is 5.67. The SMILES string of the molecule is CCc1ccc(S(=O)(=O)N2CCC[C@H](c3ncc[nH]3)C2)s1. The molecule has 1 fully saturated rings. The molecule has 0 unspecified atom stereocenters. The Morgan fingerprint density at radius 2 is 2.33 bits per heavy atom. The maximum Gasteiger partial charge on any atom is 0.252 e. The maximum absolute atomic E-state index is 12.7. The van der Waals surface area contributed by atoms with Gasteiger partial charge < -0.3 is 4.98 Å². The van der Waals surface area contributed by atoms with Gasteiger partial charge in [0.2, 0.25) is 0 Å². The van der Waals surface area contributed by atoms with Crippen LogP contribution in [0.2, 0.25) is 0 Å². The van der Waals surface area contributed by atoms with E-state index in [0.717, 1.165) is 30.0 Å². The third-order valence-electron chi connectivity index (χ3n) is 3.87. The average molecular weight is 325 g/mol. The summed E-state index contributed by atoms with van der Waals surface area (Å²) >= 11 is 1.38. The molecule has 1 N–H and O–H groups in total. The van der Waals surface area contributed by atoms with Crippen LogP contribution in [0.15, 0.2) is 28.7 Å². The molecular formula is C14H19N3O2S2. The molecule has 0 amide bonds. The van der Waals surface area contributed by atoms with Gasteiger partial charge in [0.05, 0.1) is 0 Å². The van der Waals surface area contributed by atoms with Crippen molar-refractivity contribution in [1.29, 1.82) is 0 Å². The highest BCUT2D eigenvalue weighted by molar-refractivity contribution is 7.91. The highest BCUT2D eigenvalue weighted by Gasteiger charge is 2.32. The summed E-state index contributed by atoms with van der Waals surface area (Å²) in [5, 5.41) is 0. The zero-order chi connectivity index (χ0) is 14.9. The van der Waals surface area contributed by atoms with Crippen LogP contribution in [0.3, 0.4) is 0 Å². The van der Waals surface area contributed by atoms with Crippen LogP contribution in [0, 0.1) is 0 Å². The van der Waals surface area contributed by atoms with Crippen LogP contribution in [0.1, 0.15) is 36.4 Å². The van der Waals surface area contributed by atoms with Crippen molar-refractivity contribution >= 4 is 21.4 Å². The summed E-state index contributed by atoms with van der Waals surface area (Å²) in [6.07, 6.45) is 6.22. The van der Waals surface area contributed by atoms with Crippen molar-refractivity contribution in [3.8, 4) is 0 Å². The third kappa shape index (κ3) is 2.90. The Hall–Kier alpha value is -1.18. The lowest BCUT2D eigenvalue weighted by Crippen LogP contribution is -2.39. The fourth-order valence-electron chi connectivity index (χ4n) is 2.70. The highest BCUT2D eigenvalue weighted by atomic mass is 32.2. The van der Waals surface area contributed by atoms with Gasteiger partial charge in [0.1, 0.15) is 10.0 Å². The monoisotopic (exact) mass is 325 g/mol. The fraction of sp³-hybridized carbons (Fsp3) is 0.500. The lowest BCUT2D eigenvalue weighted by Gasteiger charge is -2.30. The molecule has 21 heavy (non-hydrogen) atoms. The zero-order valence-corrected chi connectivity index (χ0v) is 13.6. The van der Waals surface area contributed by atoms with Crippen molar-refractivity contribution in [3.05, 3.63) is 35.2 Å². The Bertz CT molecular complexity index is 692. The molecule has 7 heteroatoms. The van der Waals surface area contributed by atoms with Gasteiger partial charge in [-0.25, -0.2) is 13.4 Å². The minimum atomic E-state index is -3.37. The number of nitrogens with one attached hydrogen (secondary N) is 1. The van der Waals surface area contributed by atoms with E-state index in [-0.39, 0.29) is 5.92 Å². The van der Waals surface area contributed by atoms with Gasteiger partial charge in [0, 0.05) is 36.3 Å². The van der Waals surface area contributed by atoms with E-state index >= 15 is 0 Å². The van der Waals surface area contributed by atoms with Gasteiger partial charge in [0.15, 0.2) is 0 Å². The number of nitrogens with zero attached hydrogens (tertiary/aromatic N) is 2. The number of aromatic nitrogens is 2. The van der Waals surface area contributed by atoms with Gasteiger partial charge in [-0.15, -0.1) is 11.3 Å². The second-order valence-electron chi connectivity index (χ2n) is 5.25. The van der Waals surface area contributed by atoms with Crippen LogP contribution in [0.5, 0.6) is 0 Å². The molecule has 5 nitrogen and oxygen atoms in total. The molecule has 0 saturated carbocycles. The number of aromatic amines is 1. The molecule has 114 valence electrons.